The zero-order valence-electron chi connectivity index (χ0n) is 21.3. The Morgan fingerprint density at radius 1 is 1.18 bits per heavy atom. The van der Waals surface area contributed by atoms with Gasteiger partial charge in [-0.2, -0.15) is 4.98 Å². The number of hydrogen-bond donors (Lipinski definition) is 4. The fourth-order valence-electron chi connectivity index (χ4n) is 3.78. The first kappa shape index (κ1) is 31.3. The maximum atomic E-state index is 14.0. The molecule has 1 fully saturated rings. The predicted octanol–water partition coefficient (Wildman–Crippen LogP) is 1.64. The third-order valence-electron chi connectivity index (χ3n) is 5.55. The van der Waals surface area contributed by atoms with Crippen LogP contribution in [0, 0.1) is 18.7 Å². The largest absolute Gasteiger partial charge is 0.478 e. The number of halogens is 1. The number of anilines is 1. The summed E-state index contributed by atoms with van der Waals surface area (Å²) in [6, 6.07) is 3.82. The fraction of sp³-hybridized carbons (Fsp3) is 0.435. The number of hydrogen-bond acceptors (Lipinski definition) is 9. The van der Waals surface area contributed by atoms with Gasteiger partial charge in [-0.15, -0.1) is 0 Å². The summed E-state index contributed by atoms with van der Waals surface area (Å²) in [6.45, 7) is 4.22. The summed E-state index contributed by atoms with van der Waals surface area (Å²) in [5.41, 5.74) is 0.518. The van der Waals surface area contributed by atoms with Gasteiger partial charge in [0.15, 0.2) is 5.82 Å². The first-order valence-electron chi connectivity index (χ1n) is 11.7. The van der Waals surface area contributed by atoms with E-state index in [9.17, 15) is 32.3 Å². The summed E-state index contributed by atoms with van der Waals surface area (Å²) in [4.78, 5) is 38.5. The second-order valence-electron chi connectivity index (χ2n) is 8.66. The first-order chi connectivity index (χ1) is 18.2. The van der Waals surface area contributed by atoms with E-state index < -0.39 is 33.9 Å². The third kappa shape index (κ3) is 11.2. The van der Waals surface area contributed by atoms with Crippen LogP contribution in [0.3, 0.4) is 0 Å². The summed E-state index contributed by atoms with van der Waals surface area (Å²) < 4.78 is 44.0. The molecule has 1 aromatic carbocycles. The number of carboxylic acids is 2. The summed E-state index contributed by atoms with van der Waals surface area (Å²) in [7, 11) is -3.22. The number of nitrogens with zero attached hydrogens (tertiary/aromatic N) is 4. The number of amides is 1. The van der Waals surface area contributed by atoms with Crippen molar-refractivity contribution < 1.29 is 47.0 Å². The van der Waals surface area contributed by atoms with Crippen LogP contribution in [0.25, 0.3) is 11.5 Å². The number of piperidine rings is 1. The van der Waals surface area contributed by atoms with Gasteiger partial charge in [0.25, 0.3) is 5.89 Å². The lowest BCUT2D eigenvalue weighted by atomic mass is 9.95. The number of carboxylic acid groups (broad SMARTS) is 3. The second-order valence-corrected chi connectivity index (χ2v) is 10.5. The molecule has 0 bridgehead atoms. The molecule has 0 radical (unpaired) electrons. The van der Waals surface area contributed by atoms with Gasteiger partial charge in [0.05, 0.1) is 17.5 Å². The van der Waals surface area contributed by atoms with E-state index in [0.29, 0.717) is 36.6 Å². The SMILES string of the molecule is Cc1noc(-c2ccc(F)cc2N(CC2CCN(CCNS(C)(=O)=O)CC2)C(=O)O)n1.O=C(O)C=CC(=O)O. The third-order valence-corrected chi connectivity index (χ3v) is 6.28. The molecule has 16 heteroatoms. The number of aromatic nitrogens is 2. The molecule has 0 saturated carbocycles. The highest BCUT2D eigenvalue weighted by atomic mass is 32.2. The Kier molecular flexibility index (Phi) is 11.5. The number of likely N-dealkylation sites (tertiary alicyclic amines) is 1. The van der Waals surface area contributed by atoms with Crippen molar-refractivity contribution in [2.24, 2.45) is 5.92 Å². The van der Waals surface area contributed by atoms with Crippen molar-refractivity contribution in [2.45, 2.75) is 19.8 Å². The average Bonchev–Trinajstić information content (AvgIpc) is 3.27. The predicted molar refractivity (Wildman–Crippen MR) is 136 cm³/mol. The zero-order valence-corrected chi connectivity index (χ0v) is 22.1. The highest BCUT2D eigenvalue weighted by Crippen LogP contribution is 2.32. The molecule has 2 aromatic rings. The molecule has 0 atom stereocenters. The Hall–Kier alpha value is -3.89. The minimum atomic E-state index is -3.22. The molecule has 214 valence electrons. The van der Waals surface area contributed by atoms with E-state index in [4.69, 9.17) is 14.7 Å². The minimum absolute atomic E-state index is 0.0794. The van der Waals surface area contributed by atoms with Gasteiger partial charge in [-0.05, 0) is 57.0 Å². The van der Waals surface area contributed by atoms with E-state index in [1.54, 1.807) is 6.92 Å². The summed E-state index contributed by atoms with van der Waals surface area (Å²) in [5.74, 6) is -2.47. The Bertz CT molecular complexity index is 1270. The molecular formula is C23H30FN5O9S. The first-order valence-corrected chi connectivity index (χ1v) is 13.6. The van der Waals surface area contributed by atoms with Gasteiger partial charge in [-0.3, -0.25) is 4.90 Å². The van der Waals surface area contributed by atoms with E-state index in [1.165, 1.54) is 12.1 Å². The van der Waals surface area contributed by atoms with Crippen molar-refractivity contribution >= 4 is 33.7 Å². The van der Waals surface area contributed by atoms with Crippen LogP contribution in [0.5, 0.6) is 0 Å². The standard InChI is InChI=1S/C19H26FN5O5S.C4H4O4/c1-13-22-18(30-23-13)16-4-3-15(20)11-17(16)25(19(26)27)12-14-5-8-24(9-6-14)10-7-21-31(2,28)29;5-3(6)1-2-4(7)8/h3-4,11,14,21H,5-10,12H2,1-2H3,(H,26,27);1-2H,(H,5,6)(H,7,8). The molecule has 14 nitrogen and oxygen atoms in total. The molecule has 1 aromatic heterocycles. The topological polar surface area (TPSA) is 203 Å². The Balaban J connectivity index is 0.000000580. The zero-order chi connectivity index (χ0) is 29.2. The van der Waals surface area contributed by atoms with Crippen LogP contribution in [0.2, 0.25) is 0 Å². The fourth-order valence-corrected chi connectivity index (χ4v) is 4.24. The monoisotopic (exact) mass is 571 g/mol. The molecular weight excluding hydrogens is 541 g/mol. The van der Waals surface area contributed by atoms with Gasteiger partial charge in [0.2, 0.25) is 10.0 Å². The van der Waals surface area contributed by atoms with Crippen molar-refractivity contribution in [3.8, 4) is 11.5 Å². The number of carbonyl (C=O) groups is 3. The van der Waals surface area contributed by atoms with Crippen LogP contribution in [0.15, 0.2) is 34.9 Å². The van der Waals surface area contributed by atoms with E-state index in [1.807, 2.05) is 0 Å². The lowest BCUT2D eigenvalue weighted by Gasteiger charge is -2.34. The quantitative estimate of drug-likeness (QED) is 0.301. The van der Waals surface area contributed by atoms with Gasteiger partial charge in [0, 0.05) is 31.8 Å². The molecule has 0 unspecified atom stereocenters. The second kappa shape index (κ2) is 14.3. The molecule has 39 heavy (non-hydrogen) atoms. The number of rotatable bonds is 10. The molecule has 3 rings (SSSR count). The number of aliphatic carboxylic acids is 2. The van der Waals surface area contributed by atoms with Crippen molar-refractivity contribution in [3.05, 3.63) is 42.0 Å². The van der Waals surface area contributed by atoms with Gasteiger partial charge in [0.1, 0.15) is 5.82 Å². The van der Waals surface area contributed by atoms with Crippen LogP contribution < -0.4 is 9.62 Å². The lowest BCUT2D eigenvalue weighted by molar-refractivity contribution is -0.134. The normalized spacial score (nSPS) is 14.5. The van der Waals surface area contributed by atoms with Crippen LogP contribution in [0.4, 0.5) is 14.9 Å². The van der Waals surface area contributed by atoms with E-state index in [-0.39, 0.29) is 24.0 Å². The molecule has 1 amide bonds. The van der Waals surface area contributed by atoms with Gasteiger partial charge in [-0.1, -0.05) is 5.16 Å². The number of sulfonamides is 1. The van der Waals surface area contributed by atoms with Crippen molar-refractivity contribution in [1.29, 1.82) is 0 Å². The minimum Gasteiger partial charge on any atom is -0.478 e. The van der Waals surface area contributed by atoms with E-state index in [0.717, 1.165) is 43.2 Å². The van der Waals surface area contributed by atoms with E-state index in [2.05, 4.69) is 19.8 Å². The summed E-state index contributed by atoms with van der Waals surface area (Å²) in [6.07, 6.45) is 2.53. The van der Waals surface area contributed by atoms with Crippen LogP contribution >= 0.6 is 0 Å². The van der Waals surface area contributed by atoms with Gasteiger partial charge in [-0.25, -0.2) is 31.9 Å². The number of aryl methyl sites for hydroxylation is 1. The van der Waals surface area contributed by atoms with Gasteiger partial charge < -0.3 is 24.7 Å². The Labute approximate surface area is 223 Å². The highest BCUT2D eigenvalue weighted by Gasteiger charge is 2.27. The molecule has 4 N–H and O–H groups in total. The maximum Gasteiger partial charge on any atom is 0.411 e. The Morgan fingerprint density at radius 3 is 2.28 bits per heavy atom. The van der Waals surface area contributed by atoms with Gasteiger partial charge >= 0.3 is 18.0 Å². The smallest absolute Gasteiger partial charge is 0.411 e. The van der Waals surface area contributed by atoms with Crippen LogP contribution in [0.1, 0.15) is 18.7 Å². The van der Waals surface area contributed by atoms with Crippen molar-refractivity contribution in [3.63, 3.8) is 0 Å². The molecule has 0 spiro atoms. The lowest BCUT2D eigenvalue weighted by Crippen LogP contribution is -2.43. The Morgan fingerprint density at radius 2 is 1.79 bits per heavy atom. The number of benzene rings is 1. The molecule has 1 aliphatic rings. The van der Waals surface area contributed by atoms with Crippen LogP contribution in [-0.2, 0) is 19.6 Å². The van der Waals surface area contributed by atoms with Crippen molar-refractivity contribution in [1.82, 2.24) is 19.8 Å². The molecule has 1 saturated heterocycles. The maximum absolute atomic E-state index is 14.0. The van der Waals surface area contributed by atoms with Crippen LogP contribution in [-0.4, -0.2) is 95.8 Å². The van der Waals surface area contributed by atoms with Crippen molar-refractivity contribution in [2.75, 3.05) is 43.9 Å². The summed E-state index contributed by atoms with van der Waals surface area (Å²) in [5, 5.41) is 29.2. The molecule has 0 aliphatic carbocycles. The highest BCUT2D eigenvalue weighted by molar-refractivity contribution is 7.88. The average molecular weight is 572 g/mol. The van der Waals surface area contributed by atoms with E-state index >= 15 is 0 Å². The molecule has 1 aliphatic heterocycles. The number of nitrogens with one attached hydrogen (secondary N) is 1. The molecule has 2 heterocycles. The summed E-state index contributed by atoms with van der Waals surface area (Å²) >= 11 is 0.